The Labute approximate surface area is 150 Å². The van der Waals surface area contributed by atoms with Crippen molar-refractivity contribution < 1.29 is 9.13 Å². The number of fused-ring (bicyclic) bond motifs is 1. The Balaban J connectivity index is 1.70. The van der Waals surface area contributed by atoms with Crippen LogP contribution in [0.2, 0.25) is 0 Å². The lowest BCUT2D eigenvalue weighted by atomic mass is 10.1. The van der Waals surface area contributed by atoms with Crippen LogP contribution in [0.3, 0.4) is 0 Å². The molecule has 26 heavy (non-hydrogen) atoms. The third-order valence-corrected chi connectivity index (χ3v) is 4.20. The molecule has 0 aliphatic carbocycles. The predicted molar refractivity (Wildman–Crippen MR) is 96.6 cm³/mol. The van der Waals surface area contributed by atoms with Crippen LogP contribution in [0.15, 0.2) is 60.8 Å². The van der Waals surface area contributed by atoms with E-state index in [1.54, 1.807) is 16.8 Å². The van der Waals surface area contributed by atoms with Crippen LogP contribution in [0.25, 0.3) is 17.0 Å². The maximum absolute atomic E-state index is 13.5. The molecule has 4 rings (SSSR count). The van der Waals surface area contributed by atoms with Crippen molar-refractivity contribution in [2.24, 2.45) is 0 Å². The Morgan fingerprint density at radius 3 is 2.69 bits per heavy atom. The number of aromatic nitrogens is 4. The highest BCUT2D eigenvalue weighted by Gasteiger charge is 2.14. The van der Waals surface area contributed by atoms with Gasteiger partial charge in [0.15, 0.2) is 5.82 Å². The molecule has 0 N–H and O–H groups in total. The first-order valence-electron chi connectivity index (χ1n) is 8.33. The number of halogens is 1. The average molecular weight is 348 g/mol. The van der Waals surface area contributed by atoms with Crippen LogP contribution < -0.4 is 4.74 Å². The molecule has 0 fully saturated rings. The minimum Gasteiger partial charge on any atom is -0.496 e. The van der Waals surface area contributed by atoms with Crippen LogP contribution >= 0.6 is 0 Å². The quantitative estimate of drug-likeness (QED) is 0.551. The van der Waals surface area contributed by atoms with E-state index in [-0.39, 0.29) is 5.82 Å². The van der Waals surface area contributed by atoms with E-state index >= 15 is 0 Å². The molecule has 0 atom stereocenters. The Kier molecular flexibility index (Phi) is 4.31. The van der Waals surface area contributed by atoms with Crippen LogP contribution in [0.1, 0.15) is 11.4 Å². The first-order chi connectivity index (χ1) is 12.7. The summed E-state index contributed by atoms with van der Waals surface area (Å²) in [5.41, 5.74) is 2.73. The third kappa shape index (κ3) is 3.13. The highest BCUT2D eigenvalue weighted by molar-refractivity contribution is 5.68. The maximum Gasteiger partial charge on any atom is 0.252 e. The summed E-state index contributed by atoms with van der Waals surface area (Å²) in [7, 11) is 1.52. The van der Waals surface area contributed by atoms with Gasteiger partial charge < -0.3 is 4.74 Å². The highest BCUT2D eigenvalue weighted by atomic mass is 19.1. The Hall–Kier alpha value is -3.28. The summed E-state index contributed by atoms with van der Waals surface area (Å²) in [4.78, 5) is 8.80. The number of ether oxygens (including phenoxy) is 1. The maximum atomic E-state index is 13.5. The van der Waals surface area contributed by atoms with Gasteiger partial charge in [0, 0.05) is 24.2 Å². The van der Waals surface area contributed by atoms with Crippen molar-refractivity contribution in [3.63, 3.8) is 0 Å². The largest absolute Gasteiger partial charge is 0.496 e. The monoisotopic (exact) mass is 348 g/mol. The summed E-state index contributed by atoms with van der Waals surface area (Å²) >= 11 is 0. The van der Waals surface area contributed by atoms with E-state index in [2.05, 4.69) is 27.2 Å². The van der Waals surface area contributed by atoms with Crippen LogP contribution in [0.4, 0.5) is 4.39 Å². The van der Waals surface area contributed by atoms with Gasteiger partial charge in [-0.3, -0.25) is 0 Å². The lowest BCUT2D eigenvalue weighted by molar-refractivity contribution is 0.412. The van der Waals surface area contributed by atoms with Gasteiger partial charge in [-0.05, 0) is 30.2 Å². The first-order valence-corrected chi connectivity index (χ1v) is 8.33. The predicted octanol–water partition coefficient (Wildman–Crippen LogP) is 3.72. The van der Waals surface area contributed by atoms with Crippen molar-refractivity contribution in [2.45, 2.75) is 12.8 Å². The smallest absolute Gasteiger partial charge is 0.252 e. The normalized spacial score (nSPS) is 11.0. The molecule has 6 heteroatoms. The number of methoxy groups -OCH3 is 1. The van der Waals surface area contributed by atoms with Crippen molar-refractivity contribution in [1.29, 1.82) is 0 Å². The fourth-order valence-corrected chi connectivity index (χ4v) is 2.92. The second-order valence-corrected chi connectivity index (χ2v) is 5.90. The zero-order valence-electron chi connectivity index (χ0n) is 14.3. The van der Waals surface area contributed by atoms with Crippen LogP contribution in [0.5, 0.6) is 5.75 Å². The molecule has 0 saturated heterocycles. The van der Waals surface area contributed by atoms with Crippen molar-refractivity contribution in [3.8, 4) is 17.0 Å². The van der Waals surface area contributed by atoms with Gasteiger partial charge >= 0.3 is 0 Å². The topological polar surface area (TPSA) is 52.3 Å². The lowest BCUT2D eigenvalue weighted by Gasteiger charge is -2.09. The summed E-state index contributed by atoms with van der Waals surface area (Å²) in [6, 6.07) is 16.5. The molecule has 0 aliphatic heterocycles. The lowest BCUT2D eigenvalue weighted by Crippen LogP contribution is -1.99. The van der Waals surface area contributed by atoms with E-state index in [4.69, 9.17) is 4.74 Å². The SMILES string of the molecule is COc1cc(F)ccc1-c1ccnc2nc(CCc3ccccc3)nn12. The fraction of sp³-hybridized carbons (Fsp3) is 0.150. The molecule has 2 aromatic carbocycles. The number of rotatable bonds is 5. The summed E-state index contributed by atoms with van der Waals surface area (Å²) in [5, 5.41) is 4.60. The number of hydrogen-bond acceptors (Lipinski definition) is 4. The molecule has 0 radical (unpaired) electrons. The van der Waals surface area contributed by atoms with Crippen molar-refractivity contribution in [2.75, 3.05) is 7.11 Å². The Morgan fingerprint density at radius 2 is 1.88 bits per heavy atom. The van der Waals surface area contributed by atoms with E-state index in [0.717, 1.165) is 23.5 Å². The highest BCUT2D eigenvalue weighted by Crippen LogP contribution is 2.30. The molecule has 0 amide bonds. The summed E-state index contributed by atoms with van der Waals surface area (Å²) in [6.07, 6.45) is 3.24. The molecule has 0 unspecified atom stereocenters. The van der Waals surface area contributed by atoms with Gasteiger partial charge in [-0.2, -0.15) is 9.50 Å². The van der Waals surface area contributed by atoms with E-state index in [9.17, 15) is 4.39 Å². The Morgan fingerprint density at radius 1 is 1.04 bits per heavy atom. The van der Waals surface area contributed by atoms with Gasteiger partial charge in [-0.1, -0.05) is 30.3 Å². The third-order valence-electron chi connectivity index (χ3n) is 4.20. The minimum atomic E-state index is -0.349. The van der Waals surface area contributed by atoms with Gasteiger partial charge in [0.05, 0.1) is 12.8 Å². The molecule has 0 bridgehead atoms. The molecule has 2 heterocycles. The number of hydrogen-bond donors (Lipinski definition) is 0. The van der Waals surface area contributed by atoms with Crippen LogP contribution in [-0.2, 0) is 12.8 Å². The molecule has 130 valence electrons. The molecule has 0 saturated carbocycles. The zero-order chi connectivity index (χ0) is 17.9. The fourth-order valence-electron chi connectivity index (χ4n) is 2.92. The van der Waals surface area contributed by atoms with Crippen molar-refractivity contribution >= 4 is 5.78 Å². The molecule has 5 nitrogen and oxygen atoms in total. The van der Waals surface area contributed by atoms with Gasteiger partial charge in [0.25, 0.3) is 5.78 Å². The van der Waals surface area contributed by atoms with Gasteiger partial charge in [0.2, 0.25) is 0 Å². The Bertz CT molecular complexity index is 1050. The summed E-state index contributed by atoms with van der Waals surface area (Å²) in [5.74, 6) is 1.32. The second-order valence-electron chi connectivity index (χ2n) is 5.90. The molecular weight excluding hydrogens is 331 g/mol. The molecule has 4 aromatic rings. The van der Waals surface area contributed by atoms with Crippen molar-refractivity contribution in [1.82, 2.24) is 19.6 Å². The summed E-state index contributed by atoms with van der Waals surface area (Å²) < 4.78 is 20.5. The zero-order valence-corrected chi connectivity index (χ0v) is 14.3. The van der Waals surface area contributed by atoms with Crippen molar-refractivity contribution in [3.05, 3.63) is 78.0 Å². The van der Waals surface area contributed by atoms with E-state index in [1.165, 1.54) is 24.8 Å². The van der Waals surface area contributed by atoms with Crippen LogP contribution in [0, 0.1) is 5.82 Å². The van der Waals surface area contributed by atoms with E-state index in [0.29, 0.717) is 17.9 Å². The number of nitrogens with zero attached hydrogens (tertiary/aromatic N) is 4. The van der Waals surface area contributed by atoms with E-state index in [1.807, 2.05) is 24.3 Å². The molecule has 2 aromatic heterocycles. The standard InChI is InChI=1S/C20H17FN4O/c1-26-18-13-15(21)8-9-16(18)17-11-12-22-20-23-19(24-25(17)20)10-7-14-5-3-2-4-6-14/h2-6,8-9,11-13H,7,10H2,1H3. The van der Waals surface area contributed by atoms with Crippen LogP contribution in [-0.4, -0.2) is 26.7 Å². The van der Waals surface area contributed by atoms with Gasteiger partial charge in [-0.25, -0.2) is 9.37 Å². The second kappa shape index (κ2) is 6.92. The summed E-state index contributed by atoms with van der Waals surface area (Å²) in [6.45, 7) is 0. The minimum absolute atomic E-state index is 0.349. The van der Waals surface area contributed by atoms with Gasteiger partial charge in [0.1, 0.15) is 11.6 Å². The molecule has 0 spiro atoms. The number of aryl methyl sites for hydroxylation is 2. The molecule has 0 aliphatic rings. The molecular formula is C20H17FN4O. The van der Waals surface area contributed by atoms with Gasteiger partial charge in [-0.15, -0.1) is 5.10 Å². The average Bonchev–Trinajstić information content (AvgIpc) is 3.10. The first kappa shape index (κ1) is 16.2. The van der Waals surface area contributed by atoms with E-state index < -0.39 is 0 Å². The number of benzene rings is 2.